The smallest absolute Gasteiger partial charge is 0.254 e. The number of hydrogen-bond donors (Lipinski definition) is 0. The highest BCUT2D eigenvalue weighted by Gasteiger charge is 2.41. The van der Waals surface area contributed by atoms with Crippen LogP contribution >= 0.6 is 0 Å². The second-order valence-corrected chi connectivity index (χ2v) is 6.04. The van der Waals surface area contributed by atoms with Crippen LogP contribution in [-0.2, 0) is 11.2 Å². The Bertz CT molecular complexity index is 757. The van der Waals surface area contributed by atoms with Gasteiger partial charge in [-0.15, -0.1) is 0 Å². The first kappa shape index (κ1) is 14.0. The standard InChI is InChI=1S/C19H18N2O2/c22-18(15-7-2-1-3-8-15)21-13-11-17(21)19(23)20-12-10-14-6-4-5-9-16(14)20/h1-9,17H,10-13H2. The molecule has 2 heterocycles. The lowest BCUT2D eigenvalue weighted by Gasteiger charge is -2.41. The Labute approximate surface area is 135 Å². The summed E-state index contributed by atoms with van der Waals surface area (Å²) in [7, 11) is 0. The van der Waals surface area contributed by atoms with E-state index < -0.39 is 0 Å². The molecule has 1 unspecified atom stereocenters. The third kappa shape index (κ3) is 2.31. The molecule has 2 aromatic rings. The number of rotatable bonds is 2. The van der Waals surface area contributed by atoms with Crippen molar-refractivity contribution in [2.75, 3.05) is 18.0 Å². The van der Waals surface area contributed by atoms with Crippen LogP contribution in [0.25, 0.3) is 0 Å². The number of carbonyl (C=O) groups excluding carboxylic acids is 2. The fourth-order valence-electron chi connectivity index (χ4n) is 3.38. The van der Waals surface area contributed by atoms with Crippen molar-refractivity contribution in [3.05, 3.63) is 65.7 Å². The van der Waals surface area contributed by atoms with Crippen LogP contribution in [0.1, 0.15) is 22.3 Å². The SMILES string of the molecule is O=C(C1CCN1C(=O)c1ccccc1)N1CCc2ccccc21. The Morgan fingerprint density at radius 1 is 0.913 bits per heavy atom. The number of likely N-dealkylation sites (tertiary alicyclic amines) is 1. The van der Waals surface area contributed by atoms with Crippen LogP contribution in [0.15, 0.2) is 54.6 Å². The zero-order chi connectivity index (χ0) is 15.8. The number of nitrogens with zero attached hydrogens (tertiary/aromatic N) is 2. The van der Waals surface area contributed by atoms with E-state index >= 15 is 0 Å². The fourth-order valence-corrected chi connectivity index (χ4v) is 3.38. The van der Waals surface area contributed by atoms with E-state index in [1.165, 1.54) is 5.56 Å². The number of anilines is 1. The molecule has 1 fully saturated rings. The lowest BCUT2D eigenvalue weighted by atomic mass is 9.99. The summed E-state index contributed by atoms with van der Waals surface area (Å²) in [4.78, 5) is 29.0. The number of fused-ring (bicyclic) bond motifs is 1. The van der Waals surface area contributed by atoms with Gasteiger partial charge in [0.1, 0.15) is 6.04 Å². The van der Waals surface area contributed by atoms with Gasteiger partial charge in [0.25, 0.3) is 5.91 Å². The average molecular weight is 306 g/mol. The van der Waals surface area contributed by atoms with Crippen molar-refractivity contribution in [2.45, 2.75) is 18.9 Å². The molecule has 0 saturated carbocycles. The summed E-state index contributed by atoms with van der Waals surface area (Å²) in [6.45, 7) is 1.36. The zero-order valence-corrected chi connectivity index (χ0v) is 12.8. The second kappa shape index (κ2) is 5.54. The minimum Gasteiger partial charge on any atom is -0.326 e. The van der Waals surface area contributed by atoms with Gasteiger partial charge in [-0.3, -0.25) is 9.59 Å². The van der Waals surface area contributed by atoms with E-state index in [9.17, 15) is 9.59 Å². The molecule has 2 aromatic carbocycles. The molecule has 0 radical (unpaired) electrons. The third-order valence-electron chi connectivity index (χ3n) is 4.74. The van der Waals surface area contributed by atoms with Crippen LogP contribution in [-0.4, -0.2) is 35.8 Å². The van der Waals surface area contributed by atoms with Crippen molar-refractivity contribution in [3.63, 3.8) is 0 Å². The number of hydrogen-bond acceptors (Lipinski definition) is 2. The number of benzene rings is 2. The second-order valence-electron chi connectivity index (χ2n) is 6.04. The van der Waals surface area contributed by atoms with Gasteiger partial charge in [0, 0.05) is 24.3 Å². The van der Waals surface area contributed by atoms with E-state index in [2.05, 4.69) is 6.07 Å². The van der Waals surface area contributed by atoms with E-state index in [0.717, 1.165) is 18.5 Å². The van der Waals surface area contributed by atoms with E-state index in [1.54, 1.807) is 17.0 Å². The lowest BCUT2D eigenvalue weighted by Crippen LogP contribution is -2.59. The zero-order valence-electron chi connectivity index (χ0n) is 12.8. The van der Waals surface area contributed by atoms with Crippen molar-refractivity contribution in [1.82, 2.24) is 4.90 Å². The number of amides is 2. The third-order valence-corrected chi connectivity index (χ3v) is 4.74. The van der Waals surface area contributed by atoms with Crippen molar-refractivity contribution >= 4 is 17.5 Å². The molecule has 0 bridgehead atoms. The fraction of sp³-hybridized carbons (Fsp3) is 0.263. The normalized spacial score (nSPS) is 19.2. The topological polar surface area (TPSA) is 40.6 Å². The van der Waals surface area contributed by atoms with Crippen molar-refractivity contribution in [1.29, 1.82) is 0 Å². The maximum Gasteiger partial charge on any atom is 0.254 e. The highest BCUT2D eigenvalue weighted by molar-refractivity contribution is 6.04. The van der Waals surface area contributed by atoms with Crippen LogP contribution in [0, 0.1) is 0 Å². The minimum atomic E-state index is -0.325. The Hall–Kier alpha value is -2.62. The predicted octanol–water partition coefficient (Wildman–Crippen LogP) is 2.49. The summed E-state index contributed by atoms with van der Waals surface area (Å²) in [5, 5.41) is 0. The van der Waals surface area contributed by atoms with Crippen LogP contribution in [0.3, 0.4) is 0 Å². The van der Waals surface area contributed by atoms with Gasteiger partial charge >= 0.3 is 0 Å². The van der Waals surface area contributed by atoms with Gasteiger partial charge in [0.05, 0.1) is 0 Å². The molecular formula is C19H18N2O2. The van der Waals surface area contributed by atoms with Crippen molar-refractivity contribution < 1.29 is 9.59 Å². The molecule has 0 N–H and O–H groups in total. The Morgan fingerprint density at radius 3 is 2.39 bits per heavy atom. The molecule has 2 amide bonds. The summed E-state index contributed by atoms with van der Waals surface area (Å²) in [6, 6.07) is 16.9. The van der Waals surface area contributed by atoms with Gasteiger partial charge in [-0.1, -0.05) is 36.4 Å². The van der Waals surface area contributed by atoms with E-state index in [4.69, 9.17) is 0 Å². The molecule has 1 atom stereocenters. The first-order chi connectivity index (χ1) is 11.3. The maximum atomic E-state index is 12.9. The summed E-state index contributed by atoms with van der Waals surface area (Å²) in [6.07, 6.45) is 1.64. The molecule has 4 rings (SSSR count). The summed E-state index contributed by atoms with van der Waals surface area (Å²) in [5.74, 6) is -0.00633. The van der Waals surface area contributed by atoms with Crippen molar-refractivity contribution in [3.8, 4) is 0 Å². The Kier molecular flexibility index (Phi) is 3.37. The molecule has 4 nitrogen and oxygen atoms in total. The first-order valence-electron chi connectivity index (χ1n) is 8.01. The molecule has 116 valence electrons. The van der Waals surface area contributed by atoms with E-state index in [1.807, 2.05) is 41.3 Å². The van der Waals surface area contributed by atoms with Crippen LogP contribution < -0.4 is 4.90 Å². The first-order valence-corrected chi connectivity index (χ1v) is 8.01. The molecule has 4 heteroatoms. The molecule has 2 aliphatic rings. The van der Waals surface area contributed by atoms with Crippen LogP contribution in [0.2, 0.25) is 0 Å². The van der Waals surface area contributed by atoms with Gasteiger partial charge in [0.15, 0.2) is 0 Å². The van der Waals surface area contributed by atoms with Crippen LogP contribution in [0.4, 0.5) is 5.69 Å². The van der Waals surface area contributed by atoms with E-state index in [-0.39, 0.29) is 17.9 Å². The Morgan fingerprint density at radius 2 is 1.65 bits per heavy atom. The molecule has 23 heavy (non-hydrogen) atoms. The molecule has 2 aliphatic heterocycles. The van der Waals surface area contributed by atoms with Gasteiger partial charge in [-0.2, -0.15) is 0 Å². The summed E-state index contributed by atoms with van der Waals surface area (Å²) in [5.41, 5.74) is 2.85. The molecule has 1 saturated heterocycles. The monoisotopic (exact) mass is 306 g/mol. The summed E-state index contributed by atoms with van der Waals surface area (Å²) >= 11 is 0. The Balaban J connectivity index is 1.53. The highest BCUT2D eigenvalue weighted by Crippen LogP contribution is 2.31. The van der Waals surface area contributed by atoms with Gasteiger partial charge in [-0.05, 0) is 36.6 Å². The van der Waals surface area contributed by atoms with E-state index in [0.29, 0.717) is 18.7 Å². The largest absolute Gasteiger partial charge is 0.326 e. The number of para-hydroxylation sites is 1. The lowest BCUT2D eigenvalue weighted by molar-refractivity contribution is -0.126. The highest BCUT2D eigenvalue weighted by atomic mass is 16.2. The molecule has 0 spiro atoms. The predicted molar refractivity (Wildman–Crippen MR) is 88.4 cm³/mol. The van der Waals surface area contributed by atoms with Gasteiger partial charge < -0.3 is 9.80 Å². The summed E-state index contributed by atoms with van der Waals surface area (Å²) < 4.78 is 0. The molecule has 0 aliphatic carbocycles. The van der Waals surface area contributed by atoms with Crippen molar-refractivity contribution in [2.24, 2.45) is 0 Å². The van der Waals surface area contributed by atoms with Gasteiger partial charge in [-0.25, -0.2) is 0 Å². The quantitative estimate of drug-likeness (QED) is 0.855. The van der Waals surface area contributed by atoms with Gasteiger partial charge in [0.2, 0.25) is 5.91 Å². The number of carbonyl (C=O) groups is 2. The minimum absolute atomic E-state index is 0.0467. The maximum absolute atomic E-state index is 12.9. The molecule has 0 aromatic heterocycles. The molecular weight excluding hydrogens is 288 g/mol. The average Bonchev–Trinajstić information content (AvgIpc) is 2.98. The van der Waals surface area contributed by atoms with Crippen LogP contribution in [0.5, 0.6) is 0 Å².